The number of carbonyl (C=O) groups is 2. The zero-order valence-corrected chi connectivity index (χ0v) is 19.0. The lowest BCUT2D eigenvalue weighted by atomic mass is 9.72. The Morgan fingerprint density at radius 2 is 1.84 bits per heavy atom. The van der Waals surface area contributed by atoms with Crippen LogP contribution in [-0.2, 0) is 16.0 Å². The number of amides is 2. The van der Waals surface area contributed by atoms with Crippen LogP contribution in [0.2, 0.25) is 0 Å². The fourth-order valence-electron chi connectivity index (χ4n) is 5.43. The van der Waals surface area contributed by atoms with Crippen LogP contribution < -0.4 is 15.4 Å². The van der Waals surface area contributed by atoms with Gasteiger partial charge in [0.1, 0.15) is 5.75 Å². The van der Waals surface area contributed by atoms with Crippen molar-refractivity contribution in [2.45, 2.75) is 32.6 Å². The Labute approximate surface area is 190 Å². The summed E-state index contributed by atoms with van der Waals surface area (Å²) in [6.07, 6.45) is 4.95. The minimum Gasteiger partial charge on any atom is -0.497 e. The van der Waals surface area contributed by atoms with Crippen molar-refractivity contribution >= 4 is 23.2 Å². The molecule has 3 atom stereocenters. The van der Waals surface area contributed by atoms with Gasteiger partial charge in [0.05, 0.1) is 25.0 Å². The summed E-state index contributed by atoms with van der Waals surface area (Å²) < 4.78 is 5.28. The summed E-state index contributed by atoms with van der Waals surface area (Å²) in [4.78, 5) is 26.7. The van der Waals surface area contributed by atoms with E-state index >= 15 is 0 Å². The molecule has 1 aliphatic heterocycles. The van der Waals surface area contributed by atoms with Gasteiger partial charge in [-0.05, 0) is 54.7 Å². The molecular weight excluding hydrogens is 402 g/mol. The highest BCUT2D eigenvalue weighted by atomic mass is 16.5. The van der Waals surface area contributed by atoms with Crippen LogP contribution in [0, 0.1) is 17.8 Å². The van der Waals surface area contributed by atoms with Crippen LogP contribution in [-0.4, -0.2) is 43.5 Å². The van der Waals surface area contributed by atoms with E-state index < -0.39 is 0 Å². The summed E-state index contributed by atoms with van der Waals surface area (Å²) in [5, 5.41) is 5.75. The summed E-state index contributed by atoms with van der Waals surface area (Å²) in [7, 11) is 1.58. The molecule has 2 N–H and O–H groups in total. The molecule has 32 heavy (non-hydrogen) atoms. The Morgan fingerprint density at radius 3 is 2.59 bits per heavy atom. The summed E-state index contributed by atoms with van der Waals surface area (Å²) >= 11 is 0. The molecule has 0 bridgehead atoms. The molecule has 170 valence electrons. The second-order valence-electron chi connectivity index (χ2n) is 9.14. The summed E-state index contributed by atoms with van der Waals surface area (Å²) in [5.74, 6) is 2.40. The van der Waals surface area contributed by atoms with Crippen LogP contribution in [0.15, 0.2) is 48.5 Å². The topological polar surface area (TPSA) is 70.7 Å². The molecule has 1 heterocycles. The van der Waals surface area contributed by atoms with E-state index in [1.54, 1.807) is 25.3 Å². The lowest BCUT2D eigenvalue weighted by Crippen LogP contribution is -2.32. The Hall–Kier alpha value is -2.86. The maximum Gasteiger partial charge on any atom is 0.238 e. The van der Waals surface area contributed by atoms with Crippen molar-refractivity contribution in [3.8, 4) is 5.75 Å². The molecule has 6 nitrogen and oxygen atoms in total. The normalized spacial score (nSPS) is 22.8. The highest BCUT2D eigenvalue weighted by Gasteiger charge is 2.40. The van der Waals surface area contributed by atoms with Gasteiger partial charge in [0.15, 0.2) is 0 Å². The zero-order valence-electron chi connectivity index (χ0n) is 19.0. The van der Waals surface area contributed by atoms with E-state index in [0.717, 1.165) is 19.5 Å². The number of likely N-dealkylation sites (tertiary alicyclic amines) is 1. The van der Waals surface area contributed by atoms with Crippen LogP contribution in [0.3, 0.4) is 0 Å². The van der Waals surface area contributed by atoms with Gasteiger partial charge in [-0.2, -0.15) is 0 Å². The first-order valence-corrected chi connectivity index (χ1v) is 11.5. The fraction of sp³-hybridized carbons (Fsp3) is 0.462. The Balaban J connectivity index is 1.38. The van der Waals surface area contributed by atoms with Gasteiger partial charge >= 0.3 is 0 Å². The fourth-order valence-corrected chi connectivity index (χ4v) is 5.43. The predicted octanol–water partition coefficient (Wildman–Crippen LogP) is 4.18. The number of ether oxygens (including phenoxy) is 1. The van der Waals surface area contributed by atoms with Gasteiger partial charge in [-0.1, -0.05) is 36.8 Å². The SMILES string of the molecule is COc1ccc(NC(C)=O)c(NC(=O)CN2C[C@H]3CCC[C@H](Cc4ccccc4)[C@H]3C2)c1. The number of anilines is 2. The summed E-state index contributed by atoms with van der Waals surface area (Å²) in [6.45, 7) is 3.78. The minimum absolute atomic E-state index is 0.0666. The van der Waals surface area contributed by atoms with Gasteiger partial charge in [0.2, 0.25) is 11.8 Å². The molecule has 2 aromatic rings. The highest BCUT2D eigenvalue weighted by Crippen LogP contribution is 2.41. The number of rotatable bonds is 7. The monoisotopic (exact) mass is 435 g/mol. The largest absolute Gasteiger partial charge is 0.497 e. The number of nitrogens with zero attached hydrogens (tertiary/aromatic N) is 1. The number of methoxy groups -OCH3 is 1. The van der Waals surface area contributed by atoms with Crippen LogP contribution in [0.5, 0.6) is 5.75 Å². The van der Waals surface area contributed by atoms with Gasteiger partial charge in [0.25, 0.3) is 0 Å². The van der Waals surface area contributed by atoms with Crippen LogP contribution >= 0.6 is 0 Å². The average Bonchev–Trinajstić information content (AvgIpc) is 3.18. The molecule has 1 aliphatic carbocycles. The standard InChI is InChI=1S/C26H33N3O3/c1-18(30)27-24-12-11-22(32-2)14-25(24)28-26(31)17-29-15-21-10-6-9-20(23(21)16-29)13-19-7-4-3-5-8-19/h3-5,7-8,11-12,14,20-21,23H,6,9-10,13,15-17H2,1-2H3,(H,27,30)(H,28,31)/t20-,21-,23-/m1/s1. The molecule has 2 fully saturated rings. The van der Waals surface area contributed by atoms with E-state index in [1.165, 1.54) is 31.7 Å². The van der Waals surface area contributed by atoms with E-state index in [9.17, 15) is 9.59 Å². The lowest BCUT2D eigenvalue weighted by molar-refractivity contribution is -0.117. The van der Waals surface area contributed by atoms with Crippen molar-refractivity contribution in [3.63, 3.8) is 0 Å². The predicted molar refractivity (Wildman–Crippen MR) is 127 cm³/mol. The second kappa shape index (κ2) is 10.2. The third kappa shape index (κ3) is 5.49. The Bertz CT molecular complexity index is 947. The van der Waals surface area contributed by atoms with Gasteiger partial charge in [-0.15, -0.1) is 0 Å². The minimum atomic E-state index is -0.182. The average molecular weight is 436 g/mol. The third-order valence-corrected chi connectivity index (χ3v) is 6.84. The van der Waals surface area contributed by atoms with Crippen molar-refractivity contribution in [3.05, 3.63) is 54.1 Å². The molecule has 1 saturated carbocycles. The summed E-state index contributed by atoms with van der Waals surface area (Å²) in [6, 6.07) is 16.0. The van der Waals surface area contributed by atoms with E-state index in [4.69, 9.17) is 4.74 Å². The smallest absolute Gasteiger partial charge is 0.238 e. The zero-order chi connectivity index (χ0) is 22.5. The molecule has 0 spiro atoms. The molecule has 2 aliphatic rings. The molecule has 0 aromatic heterocycles. The van der Waals surface area contributed by atoms with Crippen LogP contribution in [0.25, 0.3) is 0 Å². The van der Waals surface area contributed by atoms with Crippen molar-refractivity contribution in [1.82, 2.24) is 4.90 Å². The van der Waals surface area contributed by atoms with E-state index in [1.807, 2.05) is 0 Å². The van der Waals surface area contributed by atoms with E-state index in [-0.39, 0.29) is 11.8 Å². The Kier molecular flexibility index (Phi) is 7.10. The number of hydrogen-bond donors (Lipinski definition) is 2. The van der Waals surface area contributed by atoms with E-state index in [0.29, 0.717) is 41.4 Å². The molecule has 6 heteroatoms. The van der Waals surface area contributed by atoms with Gasteiger partial charge in [0, 0.05) is 26.1 Å². The Morgan fingerprint density at radius 1 is 1.03 bits per heavy atom. The highest BCUT2D eigenvalue weighted by molar-refractivity contribution is 5.99. The van der Waals surface area contributed by atoms with Crippen molar-refractivity contribution in [1.29, 1.82) is 0 Å². The third-order valence-electron chi connectivity index (χ3n) is 6.84. The molecular formula is C26H33N3O3. The number of carbonyl (C=O) groups excluding carboxylic acids is 2. The first kappa shape index (κ1) is 22.3. The quantitative estimate of drug-likeness (QED) is 0.684. The van der Waals surface area contributed by atoms with Crippen molar-refractivity contribution in [2.24, 2.45) is 17.8 Å². The van der Waals surface area contributed by atoms with Crippen LogP contribution in [0.1, 0.15) is 31.7 Å². The maximum atomic E-state index is 12.9. The number of hydrogen-bond acceptors (Lipinski definition) is 4. The molecule has 4 rings (SSSR count). The molecule has 0 unspecified atom stereocenters. The van der Waals surface area contributed by atoms with Gasteiger partial charge < -0.3 is 15.4 Å². The van der Waals surface area contributed by atoms with Crippen LogP contribution in [0.4, 0.5) is 11.4 Å². The summed E-state index contributed by atoms with van der Waals surface area (Å²) in [5.41, 5.74) is 2.55. The first-order chi connectivity index (χ1) is 15.5. The first-order valence-electron chi connectivity index (χ1n) is 11.5. The second-order valence-corrected chi connectivity index (χ2v) is 9.14. The van der Waals surface area contributed by atoms with Gasteiger partial charge in [-0.3, -0.25) is 14.5 Å². The maximum absolute atomic E-state index is 12.9. The molecule has 2 aromatic carbocycles. The van der Waals surface area contributed by atoms with Gasteiger partial charge in [-0.25, -0.2) is 0 Å². The number of nitrogens with one attached hydrogen (secondary N) is 2. The van der Waals surface area contributed by atoms with Crippen molar-refractivity contribution < 1.29 is 14.3 Å². The lowest BCUT2D eigenvalue weighted by Gasteiger charge is -2.33. The van der Waals surface area contributed by atoms with Crippen molar-refractivity contribution in [2.75, 3.05) is 37.4 Å². The number of benzene rings is 2. The molecule has 0 radical (unpaired) electrons. The number of fused-ring (bicyclic) bond motifs is 1. The van der Waals surface area contributed by atoms with E-state index in [2.05, 4.69) is 45.9 Å². The molecule has 2 amide bonds. The molecule has 1 saturated heterocycles.